The molecule has 0 heterocycles. The fourth-order valence-electron chi connectivity index (χ4n) is 2.54. The van der Waals surface area contributed by atoms with Crippen molar-refractivity contribution in [1.82, 2.24) is 0 Å². The Bertz CT molecular complexity index is 1010. The first-order chi connectivity index (χ1) is 13.4. The van der Waals surface area contributed by atoms with Gasteiger partial charge in [0, 0.05) is 23.6 Å². The van der Waals surface area contributed by atoms with Crippen LogP contribution in [-0.4, -0.2) is 22.6 Å². The van der Waals surface area contributed by atoms with Gasteiger partial charge in [0.25, 0.3) is 0 Å². The number of rotatable bonds is 4. The molecule has 0 aliphatic heterocycles. The van der Waals surface area contributed by atoms with Crippen LogP contribution < -0.4 is 0 Å². The van der Waals surface area contributed by atoms with Gasteiger partial charge in [-0.2, -0.15) is 0 Å². The number of aryl methyl sites for hydroxylation is 2. The smallest absolute Gasteiger partial charge is 0.138 e. The summed E-state index contributed by atoms with van der Waals surface area (Å²) >= 11 is 6.62. The summed E-state index contributed by atoms with van der Waals surface area (Å²) in [6.45, 7) is 4.02. The number of phenolic OH excluding ortho intramolecular Hbond substituents is 2. The molecule has 3 aromatic carbocycles. The maximum Gasteiger partial charge on any atom is 0.138 e. The zero-order valence-electron chi connectivity index (χ0n) is 15.3. The van der Waals surface area contributed by atoms with E-state index in [0.717, 1.165) is 11.1 Å². The van der Waals surface area contributed by atoms with E-state index in [1.165, 1.54) is 0 Å². The third-order valence-electron chi connectivity index (χ3n) is 4.31. The van der Waals surface area contributed by atoms with E-state index in [4.69, 9.17) is 0 Å². The van der Waals surface area contributed by atoms with Crippen molar-refractivity contribution in [2.45, 2.75) is 13.8 Å². The van der Waals surface area contributed by atoms with Gasteiger partial charge in [0.2, 0.25) is 0 Å². The molecule has 0 spiro atoms. The Morgan fingerprint density at radius 2 is 1.11 bits per heavy atom. The van der Waals surface area contributed by atoms with Gasteiger partial charge in [-0.1, -0.05) is 12.1 Å². The number of aliphatic imine (C=N–C) groups is 2. The summed E-state index contributed by atoms with van der Waals surface area (Å²) in [4.78, 5) is 9.08. The van der Waals surface area contributed by atoms with Crippen LogP contribution in [0.3, 0.4) is 0 Å². The minimum Gasteiger partial charge on any atom is -0.506 e. The van der Waals surface area contributed by atoms with Gasteiger partial charge in [-0.3, -0.25) is 9.98 Å². The lowest BCUT2D eigenvalue weighted by Gasteiger charge is -2.07. The molecule has 3 rings (SSSR count). The largest absolute Gasteiger partial charge is 0.506 e. The van der Waals surface area contributed by atoms with E-state index in [1.54, 1.807) is 36.7 Å². The van der Waals surface area contributed by atoms with Crippen LogP contribution in [0, 0.1) is 13.8 Å². The van der Waals surface area contributed by atoms with Crippen molar-refractivity contribution in [3.63, 3.8) is 0 Å². The Hall–Kier alpha value is -2.44. The number of hydrogen-bond donors (Lipinski definition) is 2. The van der Waals surface area contributed by atoms with Crippen LogP contribution in [0.4, 0.5) is 11.4 Å². The van der Waals surface area contributed by atoms with Crippen molar-refractivity contribution >= 4 is 55.7 Å². The van der Waals surface area contributed by atoms with Crippen molar-refractivity contribution in [2.75, 3.05) is 0 Å². The number of hydrogen-bond acceptors (Lipinski definition) is 4. The second-order valence-corrected chi connectivity index (χ2v) is 8.01. The average Bonchev–Trinajstić information content (AvgIpc) is 2.67. The summed E-state index contributed by atoms with van der Waals surface area (Å²) < 4.78 is 1.22. The van der Waals surface area contributed by atoms with E-state index < -0.39 is 0 Å². The standard InChI is InChI=1S/C22H18Br2N2O2/c1-13-9-19(25-11-15-5-3-7-17(23)21(15)27)20(10-14(13)2)26-12-16-6-4-8-18(24)22(16)28/h3-12,27-28H,1-2H3. The van der Waals surface area contributed by atoms with Crippen molar-refractivity contribution < 1.29 is 10.2 Å². The topological polar surface area (TPSA) is 65.2 Å². The first kappa shape index (κ1) is 20.3. The molecule has 0 aliphatic carbocycles. The first-order valence-corrected chi connectivity index (χ1v) is 10.1. The molecule has 4 nitrogen and oxygen atoms in total. The van der Waals surface area contributed by atoms with Gasteiger partial charge < -0.3 is 10.2 Å². The summed E-state index contributed by atoms with van der Waals surface area (Å²) in [7, 11) is 0. The molecular formula is C22H18Br2N2O2. The lowest BCUT2D eigenvalue weighted by atomic mass is 10.1. The Morgan fingerprint density at radius 3 is 1.50 bits per heavy atom. The zero-order chi connectivity index (χ0) is 20.3. The number of nitrogens with zero attached hydrogens (tertiary/aromatic N) is 2. The SMILES string of the molecule is Cc1cc(N=Cc2cccc(Br)c2O)c(N=Cc2cccc(Br)c2O)cc1C. The molecule has 28 heavy (non-hydrogen) atoms. The number of halogens is 2. The molecule has 0 aliphatic rings. The van der Waals surface area contributed by atoms with Gasteiger partial charge in [-0.25, -0.2) is 0 Å². The Balaban J connectivity index is 2.01. The predicted molar refractivity (Wildman–Crippen MR) is 122 cm³/mol. The number of para-hydroxylation sites is 2. The zero-order valence-corrected chi connectivity index (χ0v) is 18.5. The molecule has 0 fully saturated rings. The molecule has 3 aromatic rings. The van der Waals surface area contributed by atoms with E-state index in [-0.39, 0.29) is 11.5 Å². The highest BCUT2D eigenvalue weighted by Gasteiger charge is 2.07. The maximum absolute atomic E-state index is 10.2. The minimum atomic E-state index is 0.138. The van der Waals surface area contributed by atoms with Crippen molar-refractivity contribution in [1.29, 1.82) is 0 Å². The molecule has 0 radical (unpaired) electrons. The molecule has 6 heteroatoms. The first-order valence-electron chi connectivity index (χ1n) is 8.51. The molecule has 0 bridgehead atoms. The Morgan fingerprint density at radius 1 is 0.714 bits per heavy atom. The van der Waals surface area contributed by atoms with Crippen molar-refractivity contribution in [3.05, 3.63) is 79.7 Å². The number of benzene rings is 3. The number of phenols is 2. The van der Waals surface area contributed by atoms with Gasteiger partial charge in [-0.15, -0.1) is 0 Å². The molecule has 2 N–H and O–H groups in total. The van der Waals surface area contributed by atoms with E-state index in [0.29, 0.717) is 31.4 Å². The minimum absolute atomic E-state index is 0.138. The van der Waals surface area contributed by atoms with Crippen LogP contribution in [0.2, 0.25) is 0 Å². The summed E-state index contributed by atoms with van der Waals surface area (Å²) in [6.07, 6.45) is 3.22. The molecule has 0 amide bonds. The van der Waals surface area contributed by atoms with E-state index >= 15 is 0 Å². The van der Waals surface area contributed by atoms with E-state index in [9.17, 15) is 10.2 Å². The molecule has 0 unspecified atom stereocenters. The van der Waals surface area contributed by atoms with Crippen LogP contribution in [-0.2, 0) is 0 Å². The summed E-state index contributed by atoms with van der Waals surface area (Å²) in [6, 6.07) is 14.7. The number of aromatic hydroxyl groups is 2. The quantitative estimate of drug-likeness (QED) is 0.388. The maximum atomic E-state index is 10.2. The predicted octanol–water partition coefficient (Wildman–Crippen LogP) is 6.74. The molecular weight excluding hydrogens is 484 g/mol. The lowest BCUT2D eigenvalue weighted by Crippen LogP contribution is -1.86. The fourth-order valence-corrected chi connectivity index (χ4v) is 3.31. The highest BCUT2D eigenvalue weighted by atomic mass is 79.9. The van der Waals surface area contributed by atoms with Crippen LogP contribution in [0.15, 0.2) is 67.5 Å². The highest BCUT2D eigenvalue weighted by Crippen LogP contribution is 2.33. The van der Waals surface area contributed by atoms with Gasteiger partial charge >= 0.3 is 0 Å². The lowest BCUT2D eigenvalue weighted by molar-refractivity contribution is 0.470. The van der Waals surface area contributed by atoms with E-state index in [2.05, 4.69) is 41.8 Å². The Labute approximate surface area is 180 Å². The second kappa shape index (κ2) is 8.71. The monoisotopic (exact) mass is 500 g/mol. The highest BCUT2D eigenvalue weighted by molar-refractivity contribution is 9.10. The normalized spacial score (nSPS) is 11.6. The molecule has 0 aromatic heterocycles. The summed E-state index contributed by atoms with van der Waals surface area (Å²) in [5, 5.41) is 20.3. The van der Waals surface area contributed by atoms with Crippen LogP contribution in [0.1, 0.15) is 22.3 Å². The Kier molecular flexibility index (Phi) is 6.31. The summed E-state index contributed by atoms with van der Waals surface area (Å²) in [5.41, 5.74) is 4.74. The van der Waals surface area contributed by atoms with E-state index in [1.807, 2.05) is 38.1 Å². The molecule has 0 saturated heterocycles. The van der Waals surface area contributed by atoms with Gasteiger partial charge in [-0.05, 0) is 93.2 Å². The third-order valence-corrected chi connectivity index (χ3v) is 5.59. The summed E-state index contributed by atoms with van der Waals surface area (Å²) in [5.74, 6) is 0.276. The second-order valence-electron chi connectivity index (χ2n) is 6.30. The third kappa shape index (κ3) is 4.51. The van der Waals surface area contributed by atoms with Crippen LogP contribution in [0.25, 0.3) is 0 Å². The van der Waals surface area contributed by atoms with Gasteiger partial charge in [0.15, 0.2) is 0 Å². The van der Waals surface area contributed by atoms with Gasteiger partial charge in [0.05, 0.1) is 20.3 Å². The molecule has 0 saturated carbocycles. The fraction of sp³-hybridized carbons (Fsp3) is 0.0909. The van der Waals surface area contributed by atoms with Gasteiger partial charge in [0.1, 0.15) is 11.5 Å². The van der Waals surface area contributed by atoms with Crippen molar-refractivity contribution in [2.24, 2.45) is 9.98 Å². The van der Waals surface area contributed by atoms with Crippen LogP contribution >= 0.6 is 31.9 Å². The molecule has 0 atom stereocenters. The molecule has 142 valence electrons. The average molecular weight is 502 g/mol. The van der Waals surface area contributed by atoms with Crippen LogP contribution in [0.5, 0.6) is 11.5 Å². The van der Waals surface area contributed by atoms with Crippen molar-refractivity contribution in [3.8, 4) is 11.5 Å².